The van der Waals surface area contributed by atoms with E-state index in [0.717, 1.165) is 40.9 Å². The molecule has 1 aliphatic rings. The highest BCUT2D eigenvalue weighted by Crippen LogP contribution is 2.42. The SMILES string of the molecule is COc1ccccc1Sc1ccc(C=CC(=O)N2CCN(Cc3ccco3)CC2)c(Cl)c1Cl. The Labute approximate surface area is 207 Å². The van der Waals surface area contributed by atoms with Crippen LogP contribution in [0.2, 0.25) is 10.0 Å². The quantitative estimate of drug-likeness (QED) is 0.365. The van der Waals surface area contributed by atoms with Crippen molar-refractivity contribution in [3.05, 3.63) is 82.2 Å². The molecule has 5 nitrogen and oxygen atoms in total. The van der Waals surface area contributed by atoms with Crippen LogP contribution in [0.4, 0.5) is 0 Å². The van der Waals surface area contributed by atoms with E-state index in [2.05, 4.69) is 4.90 Å². The van der Waals surface area contributed by atoms with Crippen molar-refractivity contribution in [1.82, 2.24) is 9.80 Å². The smallest absolute Gasteiger partial charge is 0.246 e. The highest BCUT2D eigenvalue weighted by Gasteiger charge is 2.20. The number of rotatable bonds is 7. The molecule has 33 heavy (non-hydrogen) atoms. The van der Waals surface area contributed by atoms with E-state index in [4.69, 9.17) is 32.4 Å². The van der Waals surface area contributed by atoms with Gasteiger partial charge in [-0.05, 0) is 42.0 Å². The van der Waals surface area contributed by atoms with Crippen LogP contribution in [0.15, 0.2) is 75.1 Å². The Hall–Kier alpha value is -2.38. The summed E-state index contributed by atoms with van der Waals surface area (Å²) in [6, 6.07) is 15.4. The number of carbonyl (C=O) groups is 1. The molecule has 4 rings (SSSR count). The zero-order chi connectivity index (χ0) is 23.2. The second-order valence-electron chi connectivity index (χ2n) is 7.55. The Balaban J connectivity index is 1.37. The topological polar surface area (TPSA) is 45.9 Å². The van der Waals surface area contributed by atoms with E-state index >= 15 is 0 Å². The van der Waals surface area contributed by atoms with Gasteiger partial charge in [0, 0.05) is 37.2 Å². The lowest BCUT2D eigenvalue weighted by Gasteiger charge is -2.33. The molecule has 0 unspecified atom stereocenters. The normalized spacial score (nSPS) is 14.7. The summed E-state index contributed by atoms with van der Waals surface area (Å²) >= 11 is 14.6. The number of halogens is 2. The zero-order valence-electron chi connectivity index (χ0n) is 18.2. The van der Waals surface area contributed by atoms with Crippen molar-refractivity contribution in [2.75, 3.05) is 33.3 Å². The molecule has 172 valence electrons. The van der Waals surface area contributed by atoms with Crippen LogP contribution in [0.3, 0.4) is 0 Å². The number of carbonyl (C=O) groups excluding carboxylic acids is 1. The summed E-state index contributed by atoms with van der Waals surface area (Å²) in [5, 5.41) is 0.873. The summed E-state index contributed by atoms with van der Waals surface area (Å²) in [5.74, 6) is 1.68. The number of piperazine rings is 1. The van der Waals surface area contributed by atoms with E-state index in [1.165, 1.54) is 11.8 Å². The number of furan rings is 1. The fourth-order valence-electron chi connectivity index (χ4n) is 3.59. The van der Waals surface area contributed by atoms with Gasteiger partial charge in [-0.3, -0.25) is 9.69 Å². The molecular formula is C25H24Cl2N2O3S. The molecule has 1 aliphatic heterocycles. The molecule has 0 bridgehead atoms. The Morgan fingerprint density at radius 3 is 2.55 bits per heavy atom. The highest BCUT2D eigenvalue weighted by molar-refractivity contribution is 7.99. The molecule has 0 saturated carbocycles. The molecule has 0 N–H and O–H groups in total. The number of nitrogens with zero attached hydrogens (tertiary/aromatic N) is 2. The molecule has 1 amide bonds. The van der Waals surface area contributed by atoms with E-state index < -0.39 is 0 Å². The second-order valence-corrected chi connectivity index (χ2v) is 9.39. The summed E-state index contributed by atoms with van der Waals surface area (Å²) in [7, 11) is 1.64. The van der Waals surface area contributed by atoms with E-state index in [1.807, 2.05) is 53.4 Å². The number of amides is 1. The fraction of sp³-hybridized carbons (Fsp3) is 0.240. The van der Waals surface area contributed by atoms with Crippen LogP contribution in [0.1, 0.15) is 11.3 Å². The fourth-order valence-corrected chi connectivity index (χ4v) is 5.13. The summed E-state index contributed by atoms with van der Waals surface area (Å²) < 4.78 is 10.8. The zero-order valence-corrected chi connectivity index (χ0v) is 20.5. The largest absolute Gasteiger partial charge is 0.496 e. The Morgan fingerprint density at radius 2 is 1.82 bits per heavy atom. The van der Waals surface area contributed by atoms with Crippen LogP contribution >= 0.6 is 35.0 Å². The molecule has 1 fully saturated rings. The number of methoxy groups -OCH3 is 1. The molecule has 2 aromatic carbocycles. The first-order valence-corrected chi connectivity index (χ1v) is 12.1. The van der Waals surface area contributed by atoms with E-state index in [-0.39, 0.29) is 5.91 Å². The van der Waals surface area contributed by atoms with Gasteiger partial charge >= 0.3 is 0 Å². The van der Waals surface area contributed by atoms with Gasteiger partial charge in [0.2, 0.25) is 5.91 Å². The number of hydrogen-bond donors (Lipinski definition) is 0. The number of hydrogen-bond acceptors (Lipinski definition) is 5. The lowest BCUT2D eigenvalue weighted by atomic mass is 10.2. The predicted molar refractivity (Wildman–Crippen MR) is 133 cm³/mol. The number of benzene rings is 2. The minimum absolute atomic E-state index is 0.0349. The first kappa shape index (κ1) is 23.8. The maximum absolute atomic E-state index is 12.7. The summed E-state index contributed by atoms with van der Waals surface area (Å²) in [5.41, 5.74) is 0.704. The van der Waals surface area contributed by atoms with Crippen molar-refractivity contribution in [2.45, 2.75) is 16.3 Å². The van der Waals surface area contributed by atoms with Crippen molar-refractivity contribution in [1.29, 1.82) is 0 Å². The van der Waals surface area contributed by atoms with Crippen LogP contribution < -0.4 is 4.74 Å². The van der Waals surface area contributed by atoms with Gasteiger partial charge in [-0.15, -0.1) is 0 Å². The molecular weight excluding hydrogens is 479 g/mol. The van der Waals surface area contributed by atoms with Gasteiger partial charge in [-0.1, -0.05) is 53.2 Å². The molecule has 1 aromatic heterocycles. The van der Waals surface area contributed by atoms with Crippen LogP contribution in [0.25, 0.3) is 6.08 Å². The molecule has 0 aliphatic carbocycles. The van der Waals surface area contributed by atoms with Gasteiger partial charge in [-0.25, -0.2) is 0 Å². The third kappa shape index (κ3) is 5.95. The van der Waals surface area contributed by atoms with Crippen molar-refractivity contribution >= 4 is 46.9 Å². The maximum Gasteiger partial charge on any atom is 0.246 e. The molecule has 1 saturated heterocycles. The van der Waals surface area contributed by atoms with Gasteiger partial charge in [0.05, 0.1) is 34.9 Å². The minimum atomic E-state index is -0.0349. The first-order chi connectivity index (χ1) is 16.0. The number of para-hydroxylation sites is 1. The van der Waals surface area contributed by atoms with Gasteiger partial charge in [-0.2, -0.15) is 0 Å². The van der Waals surface area contributed by atoms with Crippen LogP contribution in [-0.2, 0) is 11.3 Å². The third-order valence-corrected chi connectivity index (χ3v) is 7.54. The van der Waals surface area contributed by atoms with E-state index in [0.29, 0.717) is 28.7 Å². The standard InChI is InChI=1S/C25H24Cl2N2O3S/c1-31-20-6-2-3-7-21(20)33-22-10-8-18(24(26)25(22)27)9-11-23(30)29-14-12-28(13-15-29)17-19-5-4-16-32-19/h2-11,16H,12-15,17H2,1H3. The van der Waals surface area contributed by atoms with Crippen LogP contribution in [-0.4, -0.2) is 49.0 Å². The Bertz CT molecular complexity index is 1130. The van der Waals surface area contributed by atoms with Crippen molar-refractivity contribution in [3.63, 3.8) is 0 Å². The average Bonchev–Trinajstić information content (AvgIpc) is 3.35. The molecule has 8 heteroatoms. The number of ether oxygens (including phenoxy) is 1. The lowest BCUT2D eigenvalue weighted by Crippen LogP contribution is -2.47. The average molecular weight is 503 g/mol. The summed E-state index contributed by atoms with van der Waals surface area (Å²) in [6.45, 7) is 3.72. The van der Waals surface area contributed by atoms with E-state index in [1.54, 1.807) is 25.5 Å². The van der Waals surface area contributed by atoms with Crippen molar-refractivity contribution < 1.29 is 13.9 Å². The van der Waals surface area contributed by atoms with Gasteiger partial charge in [0.25, 0.3) is 0 Å². The van der Waals surface area contributed by atoms with E-state index in [9.17, 15) is 4.79 Å². The first-order valence-electron chi connectivity index (χ1n) is 10.6. The highest BCUT2D eigenvalue weighted by atomic mass is 35.5. The second kappa shape index (κ2) is 11.2. The summed E-state index contributed by atoms with van der Waals surface area (Å²) in [6.07, 6.45) is 4.97. The summed E-state index contributed by atoms with van der Waals surface area (Å²) in [4.78, 5) is 18.6. The Morgan fingerprint density at radius 1 is 1.03 bits per heavy atom. The molecule has 0 radical (unpaired) electrons. The van der Waals surface area contributed by atoms with Crippen molar-refractivity contribution in [3.8, 4) is 5.75 Å². The van der Waals surface area contributed by atoms with Gasteiger partial charge < -0.3 is 14.1 Å². The van der Waals surface area contributed by atoms with Gasteiger partial charge in [0.15, 0.2) is 0 Å². The molecule has 3 aromatic rings. The van der Waals surface area contributed by atoms with Gasteiger partial charge in [0.1, 0.15) is 11.5 Å². The van der Waals surface area contributed by atoms with Crippen LogP contribution in [0, 0.1) is 0 Å². The maximum atomic E-state index is 12.7. The molecule has 2 heterocycles. The molecule has 0 atom stereocenters. The monoisotopic (exact) mass is 502 g/mol. The lowest BCUT2D eigenvalue weighted by molar-refractivity contribution is -0.127. The third-order valence-electron chi connectivity index (χ3n) is 5.41. The minimum Gasteiger partial charge on any atom is -0.496 e. The Kier molecular flexibility index (Phi) is 8.04. The van der Waals surface area contributed by atoms with Crippen molar-refractivity contribution in [2.24, 2.45) is 0 Å². The van der Waals surface area contributed by atoms with Crippen LogP contribution in [0.5, 0.6) is 5.75 Å². The predicted octanol–water partition coefficient (Wildman–Crippen LogP) is 6.10. The molecule has 0 spiro atoms.